The zero-order chi connectivity index (χ0) is 8.48. The predicted octanol–water partition coefficient (Wildman–Crippen LogP) is 1.38. The Labute approximate surface area is 69.9 Å². The van der Waals surface area contributed by atoms with E-state index in [0.29, 0.717) is 0 Å². The Morgan fingerprint density at radius 1 is 1.82 bits per heavy atom. The average Bonchev–Trinajstić information content (AvgIpc) is 2.08. The molecule has 1 atom stereocenters. The topological polar surface area (TPSA) is 49.7 Å². The van der Waals surface area contributed by atoms with E-state index >= 15 is 0 Å². The molecule has 0 saturated carbocycles. The van der Waals surface area contributed by atoms with E-state index < -0.39 is 5.97 Å². The van der Waals surface area contributed by atoms with Gasteiger partial charge in [0.25, 0.3) is 0 Å². The van der Waals surface area contributed by atoms with Crippen LogP contribution < -0.4 is 0 Å². The maximum atomic E-state index is 10.3. The minimum atomic E-state index is -0.780. The van der Waals surface area contributed by atoms with Crippen molar-refractivity contribution in [3.05, 3.63) is 0 Å². The fourth-order valence-electron chi connectivity index (χ4n) is 0.918. The first kappa shape index (κ1) is 8.59. The number of aliphatic imine (C=N–C) groups is 1. The quantitative estimate of drug-likeness (QED) is 0.686. The molecule has 0 radical (unpaired) electrons. The number of rotatable bonds is 2. The van der Waals surface area contributed by atoms with Crippen LogP contribution in [0.3, 0.4) is 0 Å². The summed E-state index contributed by atoms with van der Waals surface area (Å²) in [4.78, 5) is 14.4. The Balaban J connectivity index is 2.44. The van der Waals surface area contributed by atoms with Crippen LogP contribution >= 0.6 is 11.8 Å². The van der Waals surface area contributed by atoms with E-state index in [1.54, 1.807) is 11.8 Å². The van der Waals surface area contributed by atoms with Gasteiger partial charge in [-0.2, -0.15) is 0 Å². The first-order chi connectivity index (χ1) is 4.99. The highest BCUT2D eigenvalue weighted by Crippen LogP contribution is 2.34. The molecule has 0 aliphatic carbocycles. The third kappa shape index (κ3) is 2.54. The zero-order valence-corrected chi connectivity index (χ0v) is 7.39. The predicted molar refractivity (Wildman–Crippen MR) is 46.2 cm³/mol. The smallest absolute Gasteiger partial charge is 0.306 e. The number of carbonyl (C=O) groups is 1. The van der Waals surface area contributed by atoms with Crippen LogP contribution in [0.5, 0.6) is 0 Å². The standard InChI is InChI=1S/C7H11NO2S/c1-7(2)4-8-5(11-7)3-6(9)10/h4-5H,3H2,1-2H3,(H,9,10). The van der Waals surface area contributed by atoms with Crippen LogP contribution in [0.2, 0.25) is 0 Å². The van der Waals surface area contributed by atoms with Crippen molar-refractivity contribution in [3.63, 3.8) is 0 Å². The van der Waals surface area contributed by atoms with Crippen LogP contribution in [0, 0.1) is 0 Å². The van der Waals surface area contributed by atoms with Gasteiger partial charge in [-0.1, -0.05) is 0 Å². The lowest BCUT2D eigenvalue weighted by Crippen LogP contribution is -2.14. The van der Waals surface area contributed by atoms with Crippen molar-refractivity contribution in [2.24, 2.45) is 4.99 Å². The summed E-state index contributed by atoms with van der Waals surface area (Å²) >= 11 is 1.59. The molecule has 0 aromatic rings. The molecule has 0 amide bonds. The first-order valence-electron chi connectivity index (χ1n) is 3.43. The van der Waals surface area contributed by atoms with Crippen LogP contribution in [-0.2, 0) is 4.79 Å². The summed E-state index contributed by atoms with van der Waals surface area (Å²) in [7, 11) is 0. The summed E-state index contributed by atoms with van der Waals surface area (Å²) in [6, 6.07) is 0. The molecule has 3 nitrogen and oxygen atoms in total. The van der Waals surface area contributed by atoms with Gasteiger partial charge in [0.05, 0.1) is 6.42 Å². The Kier molecular flexibility index (Phi) is 2.23. The summed E-state index contributed by atoms with van der Waals surface area (Å²) < 4.78 is 0.0140. The van der Waals surface area contributed by atoms with Crippen LogP contribution in [0.15, 0.2) is 4.99 Å². The fraction of sp³-hybridized carbons (Fsp3) is 0.714. The number of hydrogen-bond acceptors (Lipinski definition) is 3. The molecule has 0 bridgehead atoms. The van der Waals surface area contributed by atoms with Gasteiger partial charge in [0.2, 0.25) is 0 Å². The number of aliphatic carboxylic acids is 1. The largest absolute Gasteiger partial charge is 0.481 e. The molecule has 0 spiro atoms. The molecule has 62 valence electrons. The Bertz CT molecular complexity index is 201. The van der Waals surface area contributed by atoms with Crippen molar-refractivity contribution < 1.29 is 9.90 Å². The molecule has 11 heavy (non-hydrogen) atoms. The second-order valence-electron chi connectivity index (χ2n) is 3.05. The summed E-state index contributed by atoms with van der Waals surface area (Å²) in [6.07, 6.45) is 1.95. The second kappa shape index (κ2) is 2.85. The maximum Gasteiger partial charge on any atom is 0.306 e. The van der Waals surface area contributed by atoms with E-state index in [1.807, 2.05) is 20.1 Å². The van der Waals surface area contributed by atoms with Crippen LogP contribution in [-0.4, -0.2) is 27.4 Å². The molecule has 1 N–H and O–H groups in total. The number of carboxylic acid groups (broad SMARTS) is 1. The van der Waals surface area contributed by atoms with Crippen LogP contribution in [0.25, 0.3) is 0 Å². The lowest BCUT2D eigenvalue weighted by Gasteiger charge is -2.13. The van der Waals surface area contributed by atoms with E-state index in [-0.39, 0.29) is 16.5 Å². The van der Waals surface area contributed by atoms with Gasteiger partial charge >= 0.3 is 5.97 Å². The molecule has 0 aromatic carbocycles. The lowest BCUT2D eigenvalue weighted by atomic mass is 10.2. The highest BCUT2D eigenvalue weighted by atomic mass is 32.2. The molecule has 0 aromatic heterocycles. The summed E-state index contributed by atoms with van der Waals surface area (Å²) in [5.74, 6) is -0.780. The Morgan fingerprint density at radius 3 is 2.82 bits per heavy atom. The van der Waals surface area contributed by atoms with Crippen molar-refractivity contribution in [1.29, 1.82) is 0 Å². The highest BCUT2D eigenvalue weighted by molar-refractivity contribution is 8.02. The van der Waals surface area contributed by atoms with Crippen LogP contribution in [0.4, 0.5) is 0 Å². The number of hydrogen-bond donors (Lipinski definition) is 1. The van der Waals surface area contributed by atoms with Gasteiger partial charge in [-0.15, -0.1) is 11.8 Å². The van der Waals surface area contributed by atoms with Crippen molar-refractivity contribution in [2.75, 3.05) is 0 Å². The molecule has 1 heterocycles. The third-order valence-corrected chi connectivity index (χ3v) is 2.61. The number of thioether (sulfide) groups is 1. The number of carboxylic acids is 1. The lowest BCUT2D eigenvalue weighted by molar-refractivity contribution is -0.136. The van der Waals surface area contributed by atoms with Gasteiger partial charge in [-0.05, 0) is 13.8 Å². The molecule has 0 saturated heterocycles. The summed E-state index contributed by atoms with van der Waals surface area (Å²) in [5, 5.41) is 8.38. The molecule has 1 rings (SSSR count). The molecule has 0 fully saturated rings. The van der Waals surface area contributed by atoms with Gasteiger partial charge in [0, 0.05) is 11.0 Å². The Morgan fingerprint density at radius 2 is 2.45 bits per heavy atom. The van der Waals surface area contributed by atoms with Crippen molar-refractivity contribution in [2.45, 2.75) is 30.4 Å². The minimum Gasteiger partial charge on any atom is -0.481 e. The monoisotopic (exact) mass is 173 g/mol. The van der Waals surface area contributed by atoms with Crippen molar-refractivity contribution in [3.8, 4) is 0 Å². The van der Waals surface area contributed by atoms with E-state index in [0.717, 1.165) is 0 Å². The first-order valence-corrected chi connectivity index (χ1v) is 4.31. The molecular formula is C7H11NO2S. The van der Waals surface area contributed by atoms with Crippen molar-refractivity contribution in [1.82, 2.24) is 0 Å². The SMILES string of the molecule is CC1(C)C=NC(CC(=O)O)S1. The maximum absolute atomic E-state index is 10.3. The van der Waals surface area contributed by atoms with Gasteiger partial charge in [-0.25, -0.2) is 0 Å². The van der Waals surface area contributed by atoms with Gasteiger partial charge in [0.15, 0.2) is 0 Å². The third-order valence-electron chi connectivity index (χ3n) is 1.34. The zero-order valence-electron chi connectivity index (χ0n) is 6.57. The van der Waals surface area contributed by atoms with Gasteiger partial charge < -0.3 is 5.11 Å². The summed E-state index contributed by atoms with van der Waals surface area (Å²) in [6.45, 7) is 4.06. The molecular weight excluding hydrogens is 162 g/mol. The van der Waals surface area contributed by atoms with E-state index in [4.69, 9.17) is 5.11 Å². The fourth-order valence-corrected chi connectivity index (χ4v) is 2.09. The van der Waals surface area contributed by atoms with E-state index in [1.165, 1.54) is 0 Å². The minimum absolute atomic E-state index is 0.0140. The molecule has 1 aliphatic rings. The normalized spacial score (nSPS) is 27.3. The average molecular weight is 173 g/mol. The molecule has 1 aliphatic heterocycles. The molecule has 4 heteroatoms. The molecule has 1 unspecified atom stereocenters. The second-order valence-corrected chi connectivity index (χ2v) is 4.88. The van der Waals surface area contributed by atoms with E-state index in [2.05, 4.69) is 4.99 Å². The van der Waals surface area contributed by atoms with Gasteiger partial charge in [0.1, 0.15) is 5.37 Å². The highest BCUT2D eigenvalue weighted by Gasteiger charge is 2.28. The number of nitrogens with zero attached hydrogens (tertiary/aromatic N) is 1. The van der Waals surface area contributed by atoms with Crippen LogP contribution in [0.1, 0.15) is 20.3 Å². The van der Waals surface area contributed by atoms with Crippen molar-refractivity contribution >= 4 is 23.9 Å². The summed E-state index contributed by atoms with van der Waals surface area (Å²) in [5.41, 5.74) is 0. The Hall–Kier alpha value is -0.510. The van der Waals surface area contributed by atoms with E-state index in [9.17, 15) is 4.79 Å². The van der Waals surface area contributed by atoms with Gasteiger partial charge in [-0.3, -0.25) is 9.79 Å².